The van der Waals surface area contributed by atoms with Crippen molar-refractivity contribution in [1.29, 1.82) is 5.41 Å². The topological polar surface area (TPSA) is 122 Å². The van der Waals surface area contributed by atoms with E-state index in [4.69, 9.17) is 14.9 Å². The first-order valence-electron chi connectivity index (χ1n) is 12.6. The number of halogens is 2. The van der Waals surface area contributed by atoms with Gasteiger partial charge in [-0.3, -0.25) is 14.2 Å². The summed E-state index contributed by atoms with van der Waals surface area (Å²) in [4.78, 5) is 33.9. The summed E-state index contributed by atoms with van der Waals surface area (Å²) in [6, 6.07) is 12.2. The number of pyridine rings is 1. The molecule has 0 saturated carbocycles. The Labute approximate surface area is 242 Å². The first-order chi connectivity index (χ1) is 20.4. The average Bonchev–Trinajstić information content (AvgIpc) is 3.68. The number of anilines is 1. The Kier molecular flexibility index (Phi) is 8.34. The van der Waals surface area contributed by atoms with Crippen molar-refractivity contribution in [2.24, 2.45) is 0 Å². The van der Waals surface area contributed by atoms with Gasteiger partial charge in [-0.15, -0.1) is 11.3 Å². The first-order valence-corrected chi connectivity index (χ1v) is 13.5. The number of aromatic amines is 1. The van der Waals surface area contributed by atoms with Crippen molar-refractivity contribution in [2.45, 2.75) is 6.92 Å². The van der Waals surface area contributed by atoms with Crippen LogP contribution < -0.4 is 20.3 Å². The highest BCUT2D eigenvalue weighted by molar-refractivity contribution is 7.13. The van der Waals surface area contributed by atoms with Gasteiger partial charge in [0.05, 0.1) is 12.3 Å². The Morgan fingerprint density at radius 2 is 1.95 bits per heavy atom. The van der Waals surface area contributed by atoms with E-state index in [1.54, 1.807) is 25.4 Å². The van der Waals surface area contributed by atoms with Gasteiger partial charge in [0.15, 0.2) is 17.3 Å². The van der Waals surface area contributed by atoms with E-state index in [0.29, 0.717) is 11.4 Å². The minimum absolute atomic E-state index is 0.0437. The summed E-state index contributed by atoms with van der Waals surface area (Å²) in [5.41, 5.74) is 0.637. The number of ether oxygens (including phenoxy) is 2. The average molecular weight is 588 g/mol. The van der Waals surface area contributed by atoms with Gasteiger partial charge in [0, 0.05) is 59.3 Å². The summed E-state index contributed by atoms with van der Waals surface area (Å²) in [7, 11) is 0. The van der Waals surface area contributed by atoms with Crippen LogP contribution in [-0.4, -0.2) is 33.3 Å². The second-order valence-electron chi connectivity index (χ2n) is 8.64. The number of carbonyl (C=O) groups excluding carboxylic acids is 1. The molecule has 1 amide bonds. The molecule has 3 N–H and O–H groups in total. The smallest absolute Gasteiger partial charge is 0.271 e. The largest absolute Gasteiger partial charge is 0.493 e. The van der Waals surface area contributed by atoms with E-state index >= 15 is 4.39 Å². The van der Waals surface area contributed by atoms with Crippen LogP contribution in [0, 0.1) is 17.0 Å². The third kappa shape index (κ3) is 5.88. The Morgan fingerprint density at radius 3 is 2.64 bits per heavy atom. The Morgan fingerprint density at radius 1 is 1.14 bits per heavy atom. The van der Waals surface area contributed by atoms with Gasteiger partial charge in [0.2, 0.25) is 0 Å². The zero-order valence-electron chi connectivity index (χ0n) is 22.1. The lowest BCUT2D eigenvalue weighted by atomic mass is 10.2. The van der Waals surface area contributed by atoms with Crippen LogP contribution in [0.25, 0.3) is 22.0 Å². The number of nitrogens with one attached hydrogen (secondary N) is 3. The molecule has 3 heterocycles. The Balaban J connectivity index is 1.41. The maximum Gasteiger partial charge on any atom is 0.271 e. The van der Waals surface area contributed by atoms with Crippen LogP contribution in [0.5, 0.6) is 11.5 Å². The number of benzene rings is 2. The van der Waals surface area contributed by atoms with Gasteiger partial charge in [-0.05, 0) is 55.5 Å². The van der Waals surface area contributed by atoms with Gasteiger partial charge in [-0.2, -0.15) is 0 Å². The SMILES string of the molecule is CCOc1ccn(-c2ccc(F)cc2)c(=O)c1C(=O)Nc1ccc(O/C(=C/C=N)c2[nH]ccc2-c2nccs2)c(F)c1. The lowest BCUT2D eigenvalue weighted by Gasteiger charge is -2.14. The normalized spacial score (nSPS) is 11.3. The minimum atomic E-state index is -0.822. The van der Waals surface area contributed by atoms with E-state index < -0.39 is 23.1 Å². The quantitative estimate of drug-likeness (QED) is 0.131. The van der Waals surface area contributed by atoms with Crippen LogP contribution in [0.15, 0.2) is 89.4 Å². The van der Waals surface area contributed by atoms with E-state index in [-0.39, 0.29) is 35.1 Å². The highest BCUT2D eigenvalue weighted by atomic mass is 32.1. The summed E-state index contributed by atoms with van der Waals surface area (Å²) in [6.45, 7) is 1.90. The van der Waals surface area contributed by atoms with Crippen LogP contribution in [0.2, 0.25) is 0 Å². The van der Waals surface area contributed by atoms with Gasteiger partial charge in [0.25, 0.3) is 11.5 Å². The van der Waals surface area contributed by atoms with Crippen LogP contribution >= 0.6 is 11.3 Å². The minimum Gasteiger partial charge on any atom is -0.493 e. The Bertz CT molecular complexity index is 1830. The van der Waals surface area contributed by atoms with E-state index in [2.05, 4.69) is 15.3 Å². The molecule has 0 atom stereocenters. The van der Waals surface area contributed by atoms with Crippen LogP contribution in [-0.2, 0) is 0 Å². The number of H-pyrrole nitrogens is 1. The molecular formula is C30H23F2N5O4S. The van der Waals surface area contributed by atoms with Gasteiger partial charge in [-0.1, -0.05) is 0 Å². The van der Waals surface area contributed by atoms with Crippen molar-refractivity contribution in [2.75, 3.05) is 11.9 Å². The van der Waals surface area contributed by atoms with Crippen molar-refractivity contribution in [1.82, 2.24) is 14.5 Å². The highest BCUT2D eigenvalue weighted by Gasteiger charge is 2.21. The molecular weight excluding hydrogens is 564 g/mol. The second kappa shape index (κ2) is 12.4. The zero-order valence-corrected chi connectivity index (χ0v) is 22.9. The lowest BCUT2D eigenvalue weighted by molar-refractivity contribution is 0.102. The van der Waals surface area contributed by atoms with Gasteiger partial charge >= 0.3 is 0 Å². The van der Waals surface area contributed by atoms with Crippen LogP contribution in [0.3, 0.4) is 0 Å². The maximum absolute atomic E-state index is 15.2. The number of thiazole rings is 1. The summed E-state index contributed by atoms with van der Waals surface area (Å²) < 4.78 is 41.1. The fourth-order valence-electron chi connectivity index (χ4n) is 4.13. The van der Waals surface area contributed by atoms with E-state index in [1.165, 1.54) is 70.6 Å². The first kappa shape index (κ1) is 28.2. The Hall–Kier alpha value is -5.36. The molecule has 0 aliphatic heterocycles. The molecule has 0 aliphatic carbocycles. The molecule has 0 fully saturated rings. The predicted octanol–water partition coefficient (Wildman–Crippen LogP) is 6.29. The number of carbonyl (C=O) groups is 1. The highest BCUT2D eigenvalue weighted by Crippen LogP contribution is 2.32. The second-order valence-corrected chi connectivity index (χ2v) is 9.54. The number of hydrogen-bond donors (Lipinski definition) is 3. The number of allylic oxidation sites excluding steroid dienone is 1. The maximum atomic E-state index is 15.2. The molecule has 42 heavy (non-hydrogen) atoms. The third-order valence-corrected chi connectivity index (χ3v) is 6.79. The van der Waals surface area contributed by atoms with E-state index in [9.17, 15) is 14.0 Å². The molecule has 0 unspecified atom stereocenters. The fraction of sp³-hybridized carbons (Fsp3) is 0.0667. The lowest BCUT2D eigenvalue weighted by Crippen LogP contribution is -2.29. The van der Waals surface area contributed by atoms with Crippen molar-refractivity contribution in [3.8, 4) is 27.8 Å². The van der Waals surface area contributed by atoms with Gasteiger partial charge in [-0.25, -0.2) is 13.8 Å². The molecule has 0 bridgehead atoms. The number of hydrogen-bond acceptors (Lipinski definition) is 7. The standard InChI is InChI=1S/C30H23F2N5O4S/c1-2-40-24-11-15-37(20-6-3-18(31)4-7-20)30(39)26(24)28(38)36-19-5-8-23(22(32)17-19)41-25(9-12-33)27-21(10-13-34-27)29-35-14-16-42-29/h3-17,33-34H,2H2,1H3,(H,36,38)/b25-9+,33-12?. The summed E-state index contributed by atoms with van der Waals surface area (Å²) in [5, 5.41) is 12.6. The molecule has 5 aromatic rings. The molecule has 5 rings (SSSR count). The third-order valence-electron chi connectivity index (χ3n) is 5.99. The van der Waals surface area contributed by atoms with E-state index in [1.807, 2.05) is 5.38 Å². The number of nitrogens with zero attached hydrogens (tertiary/aromatic N) is 2. The summed E-state index contributed by atoms with van der Waals surface area (Å²) >= 11 is 1.42. The van der Waals surface area contributed by atoms with E-state index in [0.717, 1.165) is 22.9 Å². The molecule has 0 aliphatic rings. The summed E-state index contributed by atoms with van der Waals surface area (Å²) in [6.07, 6.45) is 7.16. The molecule has 9 nitrogen and oxygen atoms in total. The molecule has 3 aromatic heterocycles. The van der Waals surface area contributed by atoms with Crippen molar-refractivity contribution in [3.63, 3.8) is 0 Å². The number of rotatable bonds is 10. The van der Waals surface area contributed by atoms with Crippen LogP contribution in [0.1, 0.15) is 23.0 Å². The monoisotopic (exact) mass is 587 g/mol. The van der Waals surface area contributed by atoms with Gasteiger partial charge < -0.3 is 25.2 Å². The van der Waals surface area contributed by atoms with Crippen molar-refractivity contribution < 1.29 is 23.0 Å². The fourth-order valence-corrected chi connectivity index (χ4v) is 4.80. The number of aromatic nitrogens is 3. The summed E-state index contributed by atoms with van der Waals surface area (Å²) in [5.74, 6) is -2.03. The molecule has 12 heteroatoms. The van der Waals surface area contributed by atoms with Crippen molar-refractivity contribution in [3.05, 3.63) is 118 Å². The molecule has 212 valence electrons. The molecule has 2 aromatic carbocycles. The molecule has 0 saturated heterocycles. The molecule has 0 spiro atoms. The number of amides is 1. The predicted molar refractivity (Wildman–Crippen MR) is 157 cm³/mol. The van der Waals surface area contributed by atoms with Crippen molar-refractivity contribution >= 4 is 34.9 Å². The molecule has 0 radical (unpaired) electrons. The zero-order chi connectivity index (χ0) is 29.6. The van der Waals surface area contributed by atoms with Crippen LogP contribution in [0.4, 0.5) is 14.5 Å². The van der Waals surface area contributed by atoms with Gasteiger partial charge in [0.1, 0.15) is 22.1 Å².